The number of cyclic esters (lactones) is 1. The van der Waals surface area contributed by atoms with E-state index in [-0.39, 0.29) is 12.1 Å². The zero-order valence-corrected chi connectivity index (χ0v) is 11.4. The van der Waals surface area contributed by atoms with Crippen molar-refractivity contribution in [1.29, 1.82) is 0 Å². The smallest absolute Gasteiger partial charge is 0.410 e. The summed E-state index contributed by atoms with van der Waals surface area (Å²) in [4.78, 5) is 13.7. The molecule has 2 heterocycles. The van der Waals surface area contributed by atoms with Gasteiger partial charge in [-0.1, -0.05) is 23.7 Å². The Labute approximate surface area is 117 Å². The number of hydrogen-bond acceptors (Lipinski definition) is 3. The van der Waals surface area contributed by atoms with Crippen molar-refractivity contribution < 1.29 is 9.53 Å². The molecule has 0 bridgehead atoms. The van der Waals surface area contributed by atoms with Crippen molar-refractivity contribution in [2.24, 2.45) is 5.92 Å². The Morgan fingerprint density at radius 3 is 2.84 bits per heavy atom. The number of carbonyl (C=O) groups is 1. The van der Waals surface area contributed by atoms with Crippen LogP contribution in [-0.4, -0.2) is 36.7 Å². The Hall–Kier alpha value is -1.26. The summed E-state index contributed by atoms with van der Waals surface area (Å²) in [5, 5.41) is 4.06. The molecule has 3 rings (SSSR count). The van der Waals surface area contributed by atoms with Crippen molar-refractivity contribution in [3.8, 4) is 0 Å². The zero-order chi connectivity index (χ0) is 13.2. The average molecular weight is 281 g/mol. The summed E-state index contributed by atoms with van der Waals surface area (Å²) in [6.45, 7) is 3.11. The quantitative estimate of drug-likeness (QED) is 0.923. The van der Waals surface area contributed by atoms with Gasteiger partial charge in [0, 0.05) is 18.1 Å². The fourth-order valence-electron chi connectivity index (χ4n) is 2.83. The summed E-state index contributed by atoms with van der Waals surface area (Å²) in [6.07, 6.45) is 0.908. The third-order valence-corrected chi connectivity index (χ3v) is 4.17. The molecule has 0 aromatic heterocycles. The van der Waals surface area contributed by atoms with E-state index in [9.17, 15) is 4.79 Å². The summed E-state index contributed by atoms with van der Waals surface area (Å²) in [7, 11) is 0. The van der Waals surface area contributed by atoms with Gasteiger partial charge in [0.2, 0.25) is 0 Å². The second-order valence-corrected chi connectivity index (χ2v) is 5.59. The number of nitrogens with one attached hydrogen (secondary N) is 1. The van der Waals surface area contributed by atoms with Crippen molar-refractivity contribution >= 4 is 17.7 Å². The fraction of sp³-hybridized carbons (Fsp3) is 0.500. The van der Waals surface area contributed by atoms with Crippen LogP contribution in [-0.2, 0) is 11.3 Å². The lowest BCUT2D eigenvalue weighted by molar-refractivity contribution is 0.154. The first-order valence-corrected chi connectivity index (χ1v) is 7.00. The minimum Gasteiger partial charge on any atom is -0.447 e. The lowest BCUT2D eigenvalue weighted by Gasteiger charge is -2.25. The standard InChI is InChI=1S/C14H17ClN2O2/c15-12-3-1-10(2-4-12)8-17-13(9-19-14(17)18)11-5-6-16-7-11/h1-4,11,13,16H,5-9H2. The highest BCUT2D eigenvalue weighted by Crippen LogP contribution is 2.26. The van der Waals surface area contributed by atoms with Gasteiger partial charge < -0.3 is 10.1 Å². The highest BCUT2D eigenvalue weighted by Gasteiger charge is 2.39. The van der Waals surface area contributed by atoms with E-state index in [0.717, 1.165) is 25.1 Å². The SMILES string of the molecule is O=C1OCC(C2CCNC2)N1Cc1ccc(Cl)cc1. The zero-order valence-electron chi connectivity index (χ0n) is 10.6. The van der Waals surface area contributed by atoms with Crippen LogP contribution in [0.2, 0.25) is 5.02 Å². The first kappa shape index (κ1) is 12.8. The number of nitrogens with zero attached hydrogens (tertiary/aromatic N) is 1. The van der Waals surface area contributed by atoms with Gasteiger partial charge in [0.25, 0.3) is 0 Å². The number of rotatable bonds is 3. The maximum Gasteiger partial charge on any atom is 0.410 e. The summed E-state index contributed by atoms with van der Waals surface area (Å²) in [5.41, 5.74) is 1.08. The monoisotopic (exact) mass is 280 g/mol. The van der Waals surface area contributed by atoms with Crippen LogP contribution in [0.4, 0.5) is 4.79 Å². The molecule has 0 spiro atoms. The van der Waals surface area contributed by atoms with Crippen LogP contribution in [0.3, 0.4) is 0 Å². The topological polar surface area (TPSA) is 41.6 Å². The molecule has 2 saturated heterocycles. The van der Waals surface area contributed by atoms with Gasteiger partial charge in [0.05, 0.1) is 6.04 Å². The van der Waals surface area contributed by atoms with Gasteiger partial charge >= 0.3 is 6.09 Å². The maximum absolute atomic E-state index is 11.9. The van der Waals surface area contributed by atoms with E-state index in [4.69, 9.17) is 16.3 Å². The van der Waals surface area contributed by atoms with E-state index >= 15 is 0 Å². The lowest BCUT2D eigenvalue weighted by atomic mass is 9.98. The Kier molecular flexibility index (Phi) is 3.62. The van der Waals surface area contributed by atoms with Gasteiger partial charge in [0.15, 0.2) is 0 Å². The Morgan fingerprint density at radius 1 is 1.37 bits per heavy atom. The van der Waals surface area contributed by atoms with E-state index in [1.54, 1.807) is 0 Å². The number of carbonyl (C=O) groups excluding carboxylic acids is 1. The van der Waals surface area contributed by atoms with Crippen LogP contribution >= 0.6 is 11.6 Å². The van der Waals surface area contributed by atoms with Crippen molar-refractivity contribution in [3.05, 3.63) is 34.9 Å². The van der Waals surface area contributed by atoms with Crippen LogP contribution in [0.25, 0.3) is 0 Å². The van der Waals surface area contributed by atoms with Crippen LogP contribution < -0.4 is 5.32 Å². The third-order valence-electron chi connectivity index (χ3n) is 3.92. The molecule has 1 N–H and O–H groups in total. The Morgan fingerprint density at radius 2 is 2.16 bits per heavy atom. The first-order valence-electron chi connectivity index (χ1n) is 6.62. The van der Waals surface area contributed by atoms with Gasteiger partial charge in [-0.3, -0.25) is 4.90 Å². The molecule has 0 saturated carbocycles. The number of ether oxygens (including phenoxy) is 1. The second-order valence-electron chi connectivity index (χ2n) is 5.15. The normalized spacial score (nSPS) is 26.8. The number of benzene rings is 1. The van der Waals surface area contributed by atoms with Gasteiger partial charge in [0.1, 0.15) is 6.61 Å². The van der Waals surface area contributed by atoms with Crippen LogP contribution in [0.1, 0.15) is 12.0 Å². The molecule has 1 aromatic carbocycles. The third kappa shape index (κ3) is 2.69. The number of hydrogen-bond donors (Lipinski definition) is 1. The molecule has 0 aliphatic carbocycles. The predicted molar refractivity (Wildman–Crippen MR) is 73.1 cm³/mol. The Bertz CT molecular complexity index is 457. The highest BCUT2D eigenvalue weighted by molar-refractivity contribution is 6.30. The average Bonchev–Trinajstić information content (AvgIpc) is 3.03. The summed E-state index contributed by atoms with van der Waals surface area (Å²) >= 11 is 5.88. The van der Waals surface area contributed by atoms with E-state index < -0.39 is 0 Å². The molecule has 2 atom stereocenters. The molecule has 2 unspecified atom stereocenters. The number of halogens is 1. The largest absolute Gasteiger partial charge is 0.447 e. The van der Waals surface area contributed by atoms with Crippen molar-refractivity contribution in [2.75, 3.05) is 19.7 Å². The second kappa shape index (κ2) is 5.39. The minimum absolute atomic E-state index is 0.193. The van der Waals surface area contributed by atoms with Crippen LogP contribution in [0.5, 0.6) is 0 Å². The van der Waals surface area contributed by atoms with Gasteiger partial charge in [-0.25, -0.2) is 4.79 Å². The van der Waals surface area contributed by atoms with Crippen LogP contribution in [0.15, 0.2) is 24.3 Å². The van der Waals surface area contributed by atoms with E-state index in [2.05, 4.69) is 5.32 Å². The van der Waals surface area contributed by atoms with Crippen molar-refractivity contribution in [1.82, 2.24) is 10.2 Å². The molecule has 2 aliphatic rings. The molecule has 4 nitrogen and oxygen atoms in total. The van der Waals surface area contributed by atoms with Crippen LogP contribution in [0, 0.1) is 5.92 Å². The molecule has 2 aliphatic heterocycles. The molecule has 0 radical (unpaired) electrons. The molecule has 1 aromatic rings. The van der Waals surface area contributed by atoms with Gasteiger partial charge in [-0.2, -0.15) is 0 Å². The van der Waals surface area contributed by atoms with Crippen molar-refractivity contribution in [2.45, 2.75) is 19.0 Å². The molecule has 19 heavy (non-hydrogen) atoms. The van der Waals surface area contributed by atoms with E-state index in [0.29, 0.717) is 24.1 Å². The van der Waals surface area contributed by atoms with Crippen molar-refractivity contribution in [3.63, 3.8) is 0 Å². The van der Waals surface area contributed by atoms with E-state index in [1.165, 1.54) is 0 Å². The molecule has 2 fully saturated rings. The summed E-state index contributed by atoms with van der Waals surface area (Å²) in [5.74, 6) is 0.499. The predicted octanol–water partition coefficient (Wildman–Crippen LogP) is 2.27. The number of amides is 1. The minimum atomic E-state index is -0.202. The summed E-state index contributed by atoms with van der Waals surface area (Å²) in [6, 6.07) is 7.81. The van der Waals surface area contributed by atoms with E-state index in [1.807, 2.05) is 29.2 Å². The maximum atomic E-state index is 11.9. The lowest BCUT2D eigenvalue weighted by Crippen LogP contribution is -2.39. The highest BCUT2D eigenvalue weighted by atomic mass is 35.5. The first-order chi connectivity index (χ1) is 9.24. The van der Waals surface area contributed by atoms with Gasteiger partial charge in [-0.05, 0) is 36.6 Å². The molecular weight excluding hydrogens is 264 g/mol. The fourth-order valence-corrected chi connectivity index (χ4v) is 2.96. The van der Waals surface area contributed by atoms with Gasteiger partial charge in [-0.15, -0.1) is 0 Å². The molecule has 102 valence electrons. The molecule has 1 amide bonds. The Balaban J connectivity index is 1.72. The summed E-state index contributed by atoms with van der Waals surface area (Å²) < 4.78 is 5.22. The molecule has 5 heteroatoms. The molecular formula is C14H17ClN2O2.